The Morgan fingerprint density at radius 1 is 1.37 bits per heavy atom. The standard InChI is InChI=1S/C15H19N3O/c1-18-10-13(9-17-18)11-3-6-15(19-2)12(7-11)8-16-14-4-5-14/h3,6-7,9-10,14,16H,4-5,8H2,1-2H3. The van der Waals surface area contributed by atoms with Crippen LogP contribution in [-0.4, -0.2) is 22.9 Å². The molecule has 1 aliphatic rings. The molecule has 1 aromatic carbocycles. The van der Waals surface area contributed by atoms with Gasteiger partial charge in [-0.3, -0.25) is 4.68 Å². The van der Waals surface area contributed by atoms with E-state index >= 15 is 0 Å². The van der Waals surface area contributed by atoms with Gasteiger partial charge in [-0.15, -0.1) is 0 Å². The molecule has 1 heterocycles. The third kappa shape index (κ3) is 2.79. The van der Waals surface area contributed by atoms with E-state index in [0.717, 1.165) is 17.9 Å². The normalized spacial score (nSPS) is 14.6. The van der Waals surface area contributed by atoms with Crippen molar-refractivity contribution in [1.82, 2.24) is 15.1 Å². The fraction of sp³-hybridized carbons (Fsp3) is 0.400. The first-order chi connectivity index (χ1) is 9.26. The van der Waals surface area contributed by atoms with Gasteiger partial charge in [0, 0.05) is 37.0 Å². The minimum Gasteiger partial charge on any atom is -0.496 e. The molecule has 0 saturated heterocycles. The third-order valence-corrected chi connectivity index (χ3v) is 3.48. The molecule has 1 aliphatic carbocycles. The predicted octanol–water partition coefficient (Wildman–Crippen LogP) is 2.35. The van der Waals surface area contributed by atoms with Crippen molar-refractivity contribution in [3.05, 3.63) is 36.2 Å². The smallest absolute Gasteiger partial charge is 0.123 e. The number of methoxy groups -OCH3 is 1. The Kier molecular flexibility index (Phi) is 3.25. The van der Waals surface area contributed by atoms with Crippen molar-refractivity contribution in [2.24, 2.45) is 7.05 Å². The maximum Gasteiger partial charge on any atom is 0.123 e. The lowest BCUT2D eigenvalue weighted by atomic mass is 10.1. The molecule has 1 aromatic heterocycles. The maximum atomic E-state index is 5.43. The molecule has 0 spiro atoms. The predicted molar refractivity (Wildman–Crippen MR) is 75.1 cm³/mol. The van der Waals surface area contributed by atoms with Crippen LogP contribution in [0.25, 0.3) is 11.1 Å². The van der Waals surface area contributed by atoms with Gasteiger partial charge in [-0.1, -0.05) is 6.07 Å². The molecule has 100 valence electrons. The highest BCUT2D eigenvalue weighted by atomic mass is 16.5. The molecular formula is C15H19N3O. The second kappa shape index (κ2) is 5.05. The van der Waals surface area contributed by atoms with Gasteiger partial charge in [0.05, 0.1) is 13.3 Å². The molecule has 1 saturated carbocycles. The third-order valence-electron chi connectivity index (χ3n) is 3.48. The lowest BCUT2D eigenvalue weighted by Crippen LogP contribution is -2.15. The molecule has 0 aliphatic heterocycles. The fourth-order valence-electron chi connectivity index (χ4n) is 2.21. The first-order valence-electron chi connectivity index (χ1n) is 6.65. The highest BCUT2D eigenvalue weighted by molar-refractivity contribution is 5.64. The van der Waals surface area contributed by atoms with Crippen molar-refractivity contribution >= 4 is 0 Å². The van der Waals surface area contributed by atoms with Crippen LogP contribution in [-0.2, 0) is 13.6 Å². The Labute approximate surface area is 113 Å². The molecule has 1 fully saturated rings. The van der Waals surface area contributed by atoms with Crippen LogP contribution in [0.5, 0.6) is 5.75 Å². The van der Waals surface area contributed by atoms with E-state index in [1.165, 1.54) is 24.0 Å². The summed E-state index contributed by atoms with van der Waals surface area (Å²) < 4.78 is 7.25. The fourth-order valence-corrected chi connectivity index (χ4v) is 2.21. The summed E-state index contributed by atoms with van der Waals surface area (Å²) in [6, 6.07) is 7.00. The zero-order valence-electron chi connectivity index (χ0n) is 11.4. The average Bonchev–Trinajstić information content (AvgIpc) is 3.16. The lowest BCUT2D eigenvalue weighted by Gasteiger charge is -2.11. The number of benzene rings is 1. The van der Waals surface area contributed by atoms with Crippen LogP contribution in [0.15, 0.2) is 30.6 Å². The van der Waals surface area contributed by atoms with Gasteiger partial charge >= 0.3 is 0 Å². The Morgan fingerprint density at radius 3 is 2.84 bits per heavy atom. The van der Waals surface area contributed by atoms with E-state index in [2.05, 4.69) is 22.5 Å². The number of nitrogens with one attached hydrogen (secondary N) is 1. The zero-order chi connectivity index (χ0) is 13.2. The van der Waals surface area contributed by atoms with E-state index in [-0.39, 0.29) is 0 Å². The summed E-state index contributed by atoms with van der Waals surface area (Å²) in [5, 5.41) is 7.75. The first-order valence-corrected chi connectivity index (χ1v) is 6.65. The van der Waals surface area contributed by atoms with Gasteiger partial charge in [0.25, 0.3) is 0 Å². The summed E-state index contributed by atoms with van der Waals surface area (Å²) in [5.41, 5.74) is 3.52. The second-order valence-corrected chi connectivity index (χ2v) is 5.08. The molecule has 0 unspecified atom stereocenters. The van der Waals surface area contributed by atoms with Crippen molar-refractivity contribution in [3.8, 4) is 16.9 Å². The molecule has 1 N–H and O–H groups in total. The maximum absolute atomic E-state index is 5.43. The summed E-state index contributed by atoms with van der Waals surface area (Å²) >= 11 is 0. The number of rotatable bonds is 5. The number of hydrogen-bond acceptors (Lipinski definition) is 3. The molecule has 0 bridgehead atoms. The molecule has 4 nitrogen and oxygen atoms in total. The van der Waals surface area contributed by atoms with Crippen LogP contribution in [0.4, 0.5) is 0 Å². The van der Waals surface area contributed by atoms with Gasteiger partial charge in [-0.05, 0) is 30.5 Å². The monoisotopic (exact) mass is 257 g/mol. The summed E-state index contributed by atoms with van der Waals surface area (Å²) in [7, 11) is 3.66. The van der Waals surface area contributed by atoms with E-state index in [4.69, 9.17) is 4.74 Å². The SMILES string of the molecule is COc1ccc(-c2cnn(C)c2)cc1CNC1CC1. The summed E-state index contributed by atoms with van der Waals surface area (Å²) in [6.07, 6.45) is 6.51. The van der Waals surface area contributed by atoms with E-state index in [1.807, 2.05) is 30.2 Å². The van der Waals surface area contributed by atoms with Gasteiger partial charge in [0.15, 0.2) is 0 Å². The number of aromatic nitrogens is 2. The number of ether oxygens (including phenoxy) is 1. The lowest BCUT2D eigenvalue weighted by molar-refractivity contribution is 0.407. The highest BCUT2D eigenvalue weighted by Crippen LogP contribution is 2.27. The van der Waals surface area contributed by atoms with Crippen molar-refractivity contribution in [2.45, 2.75) is 25.4 Å². The molecule has 0 radical (unpaired) electrons. The molecule has 3 rings (SSSR count). The van der Waals surface area contributed by atoms with Crippen LogP contribution in [0.3, 0.4) is 0 Å². The highest BCUT2D eigenvalue weighted by Gasteiger charge is 2.20. The first kappa shape index (κ1) is 12.2. The van der Waals surface area contributed by atoms with Gasteiger partial charge in [0.2, 0.25) is 0 Å². The minimum atomic E-state index is 0.701. The largest absolute Gasteiger partial charge is 0.496 e. The van der Waals surface area contributed by atoms with Gasteiger partial charge in [-0.2, -0.15) is 5.10 Å². The Morgan fingerprint density at radius 2 is 2.21 bits per heavy atom. The van der Waals surface area contributed by atoms with Crippen LogP contribution in [0.1, 0.15) is 18.4 Å². The van der Waals surface area contributed by atoms with Gasteiger partial charge < -0.3 is 10.1 Å². The molecule has 0 atom stereocenters. The van der Waals surface area contributed by atoms with Crippen LogP contribution in [0, 0.1) is 0 Å². The molecule has 0 amide bonds. The average molecular weight is 257 g/mol. The molecule has 4 heteroatoms. The minimum absolute atomic E-state index is 0.701. The number of nitrogens with zero attached hydrogens (tertiary/aromatic N) is 2. The quantitative estimate of drug-likeness (QED) is 0.893. The summed E-state index contributed by atoms with van der Waals surface area (Å²) in [4.78, 5) is 0. The van der Waals surface area contributed by atoms with Crippen molar-refractivity contribution in [2.75, 3.05) is 7.11 Å². The zero-order valence-corrected chi connectivity index (χ0v) is 11.4. The van der Waals surface area contributed by atoms with Crippen molar-refractivity contribution in [1.29, 1.82) is 0 Å². The van der Waals surface area contributed by atoms with Crippen molar-refractivity contribution < 1.29 is 4.74 Å². The number of hydrogen-bond donors (Lipinski definition) is 1. The van der Waals surface area contributed by atoms with E-state index in [9.17, 15) is 0 Å². The Hall–Kier alpha value is -1.81. The van der Waals surface area contributed by atoms with Crippen LogP contribution >= 0.6 is 0 Å². The summed E-state index contributed by atoms with van der Waals surface area (Å²) in [6.45, 7) is 0.863. The number of aryl methyl sites for hydroxylation is 1. The molecule has 19 heavy (non-hydrogen) atoms. The second-order valence-electron chi connectivity index (χ2n) is 5.08. The van der Waals surface area contributed by atoms with E-state index < -0.39 is 0 Å². The van der Waals surface area contributed by atoms with E-state index in [0.29, 0.717) is 6.04 Å². The van der Waals surface area contributed by atoms with Crippen LogP contribution < -0.4 is 10.1 Å². The molecule has 2 aromatic rings. The van der Waals surface area contributed by atoms with Gasteiger partial charge in [0.1, 0.15) is 5.75 Å². The van der Waals surface area contributed by atoms with Crippen molar-refractivity contribution in [3.63, 3.8) is 0 Å². The Balaban J connectivity index is 1.86. The van der Waals surface area contributed by atoms with E-state index in [1.54, 1.807) is 7.11 Å². The summed E-state index contributed by atoms with van der Waals surface area (Å²) in [5.74, 6) is 0.945. The van der Waals surface area contributed by atoms with Gasteiger partial charge in [-0.25, -0.2) is 0 Å². The topological polar surface area (TPSA) is 39.1 Å². The van der Waals surface area contributed by atoms with Crippen LogP contribution in [0.2, 0.25) is 0 Å². The Bertz CT molecular complexity index is 573. The molecular weight excluding hydrogens is 238 g/mol.